The molecule has 0 aliphatic carbocycles. The maximum absolute atomic E-state index is 12.4. The number of benzene rings is 2. The van der Waals surface area contributed by atoms with Crippen LogP contribution in [0.1, 0.15) is 18.4 Å². The number of sulfonamides is 1. The van der Waals surface area contributed by atoms with Gasteiger partial charge in [0.25, 0.3) is 0 Å². The summed E-state index contributed by atoms with van der Waals surface area (Å²) in [4.78, 5) is 14.7. The monoisotopic (exact) mass is 513 g/mol. The standard InChI is InChI=1S/C20H24IN3O3S/c1-28(26,27)24(19-10-6-17(21)7-11-19)15-20(25)22-14-16-4-8-18(9-5-16)23-12-2-3-13-23/h4-11H,2-3,12-15H2,1H3,(H,22,25). The smallest absolute Gasteiger partial charge is 0.241 e. The molecule has 1 heterocycles. The minimum Gasteiger partial charge on any atom is -0.372 e. The fourth-order valence-corrected chi connectivity index (χ4v) is 4.41. The molecule has 8 heteroatoms. The van der Waals surface area contributed by atoms with Gasteiger partial charge in [0.1, 0.15) is 6.54 Å². The predicted octanol–water partition coefficient (Wildman–Crippen LogP) is 2.97. The Morgan fingerprint density at radius 3 is 2.25 bits per heavy atom. The third-order valence-electron chi connectivity index (χ3n) is 4.70. The highest BCUT2D eigenvalue weighted by molar-refractivity contribution is 14.1. The van der Waals surface area contributed by atoms with Crippen molar-refractivity contribution in [2.75, 3.05) is 35.1 Å². The first-order valence-corrected chi connectivity index (χ1v) is 12.1. The second kappa shape index (κ2) is 9.13. The van der Waals surface area contributed by atoms with Crippen LogP contribution < -0.4 is 14.5 Å². The molecule has 3 rings (SSSR count). The van der Waals surface area contributed by atoms with Gasteiger partial charge in [0, 0.05) is 28.9 Å². The van der Waals surface area contributed by atoms with Gasteiger partial charge >= 0.3 is 0 Å². The highest BCUT2D eigenvalue weighted by atomic mass is 127. The van der Waals surface area contributed by atoms with Gasteiger partial charge in [0.15, 0.2) is 0 Å². The predicted molar refractivity (Wildman–Crippen MR) is 121 cm³/mol. The lowest BCUT2D eigenvalue weighted by Gasteiger charge is -2.22. The molecule has 0 atom stereocenters. The van der Waals surface area contributed by atoms with Crippen molar-refractivity contribution in [3.8, 4) is 0 Å². The van der Waals surface area contributed by atoms with Crippen molar-refractivity contribution in [1.82, 2.24) is 5.32 Å². The van der Waals surface area contributed by atoms with Gasteiger partial charge in [0.2, 0.25) is 15.9 Å². The fraction of sp³-hybridized carbons (Fsp3) is 0.350. The van der Waals surface area contributed by atoms with E-state index in [9.17, 15) is 13.2 Å². The van der Waals surface area contributed by atoms with Gasteiger partial charge in [-0.05, 0) is 77.4 Å². The maximum Gasteiger partial charge on any atom is 0.241 e. The zero-order chi connectivity index (χ0) is 20.1. The minimum absolute atomic E-state index is 0.245. The lowest BCUT2D eigenvalue weighted by Crippen LogP contribution is -2.40. The summed E-state index contributed by atoms with van der Waals surface area (Å²) in [7, 11) is -3.56. The SMILES string of the molecule is CS(=O)(=O)N(CC(=O)NCc1ccc(N2CCCC2)cc1)c1ccc(I)cc1. The summed E-state index contributed by atoms with van der Waals surface area (Å²) in [6.07, 6.45) is 3.57. The van der Waals surface area contributed by atoms with E-state index in [4.69, 9.17) is 0 Å². The number of amides is 1. The molecule has 0 unspecified atom stereocenters. The molecule has 150 valence electrons. The van der Waals surface area contributed by atoms with Crippen molar-refractivity contribution in [3.05, 3.63) is 57.7 Å². The third kappa shape index (κ3) is 5.60. The van der Waals surface area contributed by atoms with Crippen molar-refractivity contribution in [2.24, 2.45) is 0 Å². The normalized spacial score (nSPS) is 14.1. The molecule has 1 fully saturated rings. The Labute approximate surface area is 180 Å². The Balaban J connectivity index is 1.59. The van der Waals surface area contributed by atoms with E-state index in [2.05, 4.69) is 44.9 Å². The summed E-state index contributed by atoms with van der Waals surface area (Å²) >= 11 is 2.15. The Hall–Kier alpha value is -1.81. The Morgan fingerprint density at radius 2 is 1.68 bits per heavy atom. The molecule has 2 aromatic carbocycles. The number of anilines is 2. The van der Waals surface area contributed by atoms with E-state index >= 15 is 0 Å². The van der Waals surface area contributed by atoms with Gasteiger partial charge in [-0.3, -0.25) is 9.10 Å². The van der Waals surface area contributed by atoms with Crippen molar-refractivity contribution in [1.29, 1.82) is 0 Å². The first-order valence-electron chi connectivity index (χ1n) is 9.17. The molecule has 0 radical (unpaired) electrons. The molecule has 1 aliphatic rings. The average molecular weight is 513 g/mol. The minimum atomic E-state index is -3.56. The quantitative estimate of drug-likeness (QED) is 0.579. The van der Waals surface area contributed by atoms with Crippen LogP contribution in [0.25, 0.3) is 0 Å². The van der Waals surface area contributed by atoms with E-state index in [1.54, 1.807) is 12.1 Å². The zero-order valence-corrected chi connectivity index (χ0v) is 18.7. The molecule has 6 nitrogen and oxygen atoms in total. The summed E-state index contributed by atoms with van der Waals surface area (Å²) in [5.74, 6) is -0.340. The van der Waals surface area contributed by atoms with Gasteiger partial charge in [0.05, 0.1) is 11.9 Å². The molecule has 0 spiro atoms. The lowest BCUT2D eigenvalue weighted by molar-refractivity contribution is -0.119. The van der Waals surface area contributed by atoms with Crippen molar-refractivity contribution in [3.63, 3.8) is 0 Å². The van der Waals surface area contributed by atoms with E-state index in [0.717, 1.165) is 32.8 Å². The molecule has 2 aromatic rings. The highest BCUT2D eigenvalue weighted by Gasteiger charge is 2.20. The number of rotatable bonds is 7. The molecule has 1 amide bonds. The Bertz CT molecular complexity index is 909. The van der Waals surface area contributed by atoms with Crippen LogP contribution in [0.3, 0.4) is 0 Å². The molecular weight excluding hydrogens is 489 g/mol. The first-order chi connectivity index (χ1) is 13.3. The van der Waals surface area contributed by atoms with E-state index in [0.29, 0.717) is 12.2 Å². The number of nitrogens with zero attached hydrogens (tertiary/aromatic N) is 2. The van der Waals surface area contributed by atoms with Gasteiger partial charge in [-0.15, -0.1) is 0 Å². The number of carbonyl (C=O) groups is 1. The fourth-order valence-electron chi connectivity index (χ4n) is 3.19. The summed E-state index contributed by atoms with van der Waals surface area (Å²) in [5, 5.41) is 2.81. The van der Waals surface area contributed by atoms with E-state index in [1.807, 2.05) is 24.3 Å². The topological polar surface area (TPSA) is 69.7 Å². The lowest BCUT2D eigenvalue weighted by atomic mass is 10.2. The van der Waals surface area contributed by atoms with Crippen molar-refractivity contribution in [2.45, 2.75) is 19.4 Å². The molecule has 0 aromatic heterocycles. The van der Waals surface area contributed by atoms with Crippen molar-refractivity contribution < 1.29 is 13.2 Å². The summed E-state index contributed by atoms with van der Waals surface area (Å²) in [5.41, 5.74) is 2.67. The molecule has 1 N–H and O–H groups in total. The molecule has 1 aliphatic heterocycles. The van der Waals surface area contributed by atoms with Gasteiger partial charge < -0.3 is 10.2 Å². The van der Waals surface area contributed by atoms with Gasteiger partial charge in [-0.2, -0.15) is 0 Å². The van der Waals surface area contributed by atoms with Crippen LogP contribution in [0.15, 0.2) is 48.5 Å². The van der Waals surface area contributed by atoms with Crippen LogP contribution in [-0.4, -0.2) is 40.2 Å². The highest BCUT2D eigenvalue weighted by Crippen LogP contribution is 2.21. The van der Waals surface area contributed by atoms with Crippen LogP contribution in [0.2, 0.25) is 0 Å². The summed E-state index contributed by atoms with van der Waals surface area (Å²) in [6.45, 7) is 2.31. The van der Waals surface area contributed by atoms with Gasteiger partial charge in [-0.1, -0.05) is 12.1 Å². The van der Waals surface area contributed by atoms with Crippen LogP contribution >= 0.6 is 22.6 Å². The molecule has 28 heavy (non-hydrogen) atoms. The second-order valence-corrected chi connectivity index (χ2v) is 10.0. The van der Waals surface area contributed by atoms with E-state index in [1.165, 1.54) is 18.5 Å². The summed E-state index contributed by atoms with van der Waals surface area (Å²) in [6, 6.07) is 15.2. The number of carbonyl (C=O) groups excluding carboxylic acids is 1. The third-order valence-corrected chi connectivity index (χ3v) is 6.56. The summed E-state index contributed by atoms with van der Waals surface area (Å²) < 4.78 is 26.4. The van der Waals surface area contributed by atoms with E-state index in [-0.39, 0.29) is 12.5 Å². The molecule has 1 saturated heterocycles. The van der Waals surface area contributed by atoms with Gasteiger partial charge in [-0.25, -0.2) is 8.42 Å². The number of halogens is 1. The first kappa shape index (κ1) is 20.9. The maximum atomic E-state index is 12.4. The molecule has 0 bridgehead atoms. The van der Waals surface area contributed by atoms with Crippen LogP contribution in [0.5, 0.6) is 0 Å². The molecule has 0 saturated carbocycles. The number of hydrogen-bond acceptors (Lipinski definition) is 4. The van der Waals surface area contributed by atoms with Crippen LogP contribution in [-0.2, 0) is 21.4 Å². The Kier molecular flexibility index (Phi) is 6.82. The number of hydrogen-bond donors (Lipinski definition) is 1. The number of nitrogens with one attached hydrogen (secondary N) is 1. The van der Waals surface area contributed by atoms with Crippen LogP contribution in [0, 0.1) is 3.57 Å². The van der Waals surface area contributed by atoms with Crippen molar-refractivity contribution >= 4 is 49.9 Å². The average Bonchev–Trinajstić information content (AvgIpc) is 3.20. The van der Waals surface area contributed by atoms with E-state index < -0.39 is 10.0 Å². The Morgan fingerprint density at radius 1 is 1.07 bits per heavy atom. The largest absolute Gasteiger partial charge is 0.372 e. The van der Waals surface area contributed by atoms with Crippen LogP contribution in [0.4, 0.5) is 11.4 Å². The molecular formula is C20H24IN3O3S. The zero-order valence-electron chi connectivity index (χ0n) is 15.8. The second-order valence-electron chi connectivity index (χ2n) is 6.88.